The number of fused-ring (bicyclic) bond motifs is 1. The molecule has 0 radical (unpaired) electrons. The first-order valence-corrected chi connectivity index (χ1v) is 8.53. The lowest BCUT2D eigenvalue weighted by Gasteiger charge is -2.26. The third-order valence-electron chi connectivity index (χ3n) is 4.67. The van der Waals surface area contributed by atoms with Crippen LogP contribution in [0.25, 0.3) is 10.9 Å². The summed E-state index contributed by atoms with van der Waals surface area (Å²) in [6.45, 7) is 6.10. The largest absolute Gasteiger partial charge is 0.378 e. The number of hydrogen-bond donors (Lipinski definition) is 1. The molecule has 0 unspecified atom stereocenters. The van der Waals surface area contributed by atoms with E-state index >= 15 is 0 Å². The van der Waals surface area contributed by atoms with Crippen LogP contribution in [-0.4, -0.2) is 51.5 Å². The minimum atomic E-state index is 0.731. The molecule has 1 aliphatic heterocycles. The van der Waals surface area contributed by atoms with Crippen molar-refractivity contribution in [1.29, 1.82) is 0 Å². The zero-order valence-corrected chi connectivity index (χ0v) is 13.9. The Labute approximate surface area is 140 Å². The molecule has 1 N–H and O–H groups in total. The number of H-pyrrole nitrogens is 1. The number of aromatic amines is 1. The third kappa shape index (κ3) is 2.75. The lowest BCUT2D eigenvalue weighted by atomic mass is 10.1. The number of benzene rings is 1. The molecule has 1 saturated heterocycles. The summed E-state index contributed by atoms with van der Waals surface area (Å²) in [6, 6.07) is 6.50. The number of aryl methyl sites for hydroxylation is 3. The van der Waals surface area contributed by atoms with E-state index in [1.165, 1.54) is 22.0 Å². The first-order chi connectivity index (χ1) is 11.9. The Bertz CT molecular complexity index is 817. The number of para-hydroxylation sites is 1. The van der Waals surface area contributed by atoms with E-state index in [9.17, 15) is 0 Å². The molecule has 0 saturated carbocycles. The summed E-state index contributed by atoms with van der Waals surface area (Å²) in [5.41, 5.74) is 3.92. The molecule has 24 heavy (non-hydrogen) atoms. The van der Waals surface area contributed by atoms with E-state index in [0.29, 0.717) is 0 Å². The SMILES string of the molecule is CCc1cccc2c(CCn3nnnc3N3CCOCC3)c[nH]c12. The van der Waals surface area contributed by atoms with Crippen LogP contribution in [0.1, 0.15) is 18.1 Å². The zero-order chi connectivity index (χ0) is 16.4. The molecule has 1 fully saturated rings. The molecular formula is C17H22N6O. The van der Waals surface area contributed by atoms with Gasteiger partial charge in [-0.05, 0) is 34.4 Å². The summed E-state index contributed by atoms with van der Waals surface area (Å²) < 4.78 is 7.30. The second-order valence-corrected chi connectivity index (χ2v) is 6.06. The van der Waals surface area contributed by atoms with Gasteiger partial charge in [0.15, 0.2) is 0 Å². The van der Waals surface area contributed by atoms with Crippen LogP contribution >= 0.6 is 0 Å². The van der Waals surface area contributed by atoms with E-state index in [1.807, 2.05) is 4.68 Å². The molecule has 1 aliphatic rings. The predicted octanol–water partition coefficient (Wildman–Crippen LogP) is 1.80. The quantitative estimate of drug-likeness (QED) is 0.774. The number of hydrogen-bond acceptors (Lipinski definition) is 5. The van der Waals surface area contributed by atoms with Crippen molar-refractivity contribution in [3.05, 3.63) is 35.5 Å². The molecule has 0 spiro atoms. The normalized spacial score (nSPS) is 15.3. The highest BCUT2D eigenvalue weighted by Gasteiger charge is 2.18. The molecule has 126 valence electrons. The smallest absolute Gasteiger partial charge is 0.245 e. The Morgan fingerprint density at radius 3 is 2.92 bits per heavy atom. The van der Waals surface area contributed by atoms with Gasteiger partial charge in [0.1, 0.15) is 0 Å². The molecule has 7 nitrogen and oxygen atoms in total. The van der Waals surface area contributed by atoms with Gasteiger partial charge in [0.25, 0.3) is 0 Å². The summed E-state index contributed by atoms with van der Waals surface area (Å²) in [7, 11) is 0. The van der Waals surface area contributed by atoms with Gasteiger partial charge >= 0.3 is 0 Å². The Morgan fingerprint density at radius 1 is 1.21 bits per heavy atom. The van der Waals surface area contributed by atoms with E-state index in [-0.39, 0.29) is 0 Å². The Hall–Kier alpha value is -2.41. The minimum absolute atomic E-state index is 0.731. The average molecular weight is 326 g/mol. The fourth-order valence-corrected chi connectivity index (χ4v) is 3.34. The molecular weight excluding hydrogens is 304 g/mol. The number of aromatic nitrogens is 5. The summed E-state index contributed by atoms with van der Waals surface area (Å²) in [4.78, 5) is 5.62. The van der Waals surface area contributed by atoms with Crippen LogP contribution in [-0.2, 0) is 24.1 Å². The fraction of sp³-hybridized carbons (Fsp3) is 0.471. The van der Waals surface area contributed by atoms with Crippen molar-refractivity contribution in [2.45, 2.75) is 26.3 Å². The summed E-state index contributed by atoms with van der Waals surface area (Å²) in [5.74, 6) is 0.840. The molecule has 3 aromatic rings. The number of rotatable bonds is 5. The third-order valence-corrected chi connectivity index (χ3v) is 4.67. The predicted molar refractivity (Wildman–Crippen MR) is 92.2 cm³/mol. The van der Waals surface area contributed by atoms with Crippen molar-refractivity contribution in [2.24, 2.45) is 0 Å². The second-order valence-electron chi connectivity index (χ2n) is 6.06. The van der Waals surface area contributed by atoms with Gasteiger partial charge in [-0.3, -0.25) is 0 Å². The maximum Gasteiger partial charge on any atom is 0.245 e. The Balaban J connectivity index is 1.53. The minimum Gasteiger partial charge on any atom is -0.378 e. The topological polar surface area (TPSA) is 71.9 Å². The molecule has 0 aliphatic carbocycles. The summed E-state index contributed by atoms with van der Waals surface area (Å²) in [5, 5.41) is 13.5. The number of ether oxygens (including phenoxy) is 1. The summed E-state index contributed by atoms with van der Waals surface area (Å²) in [6.07, 6.45) is 4.05. The van der Waals surface area contributed by atoms with Crippen LogP contribution in [0.3, 0.4) is 0 Å². The van der Waals surface area contributed by atoms with E-state index in [4.69, 9.17) is 4.74 Å². The highest BCUT2D eigenvalue weighted by molar-refractivity contribution is 5.86. The highest BCUT2D eigenvalue weighted by atomic mass is 16.5. The number of anilines is 1. The molecule has 4 rings (SSSR count). The van der Waals surface area contributed by atoms with Crippen molar-refractivity contribution < 1.29 is 4.74 Å². The monoisotopic (exact) mass is 326 g/mol. The van der Waals surface area contributed by atoms with Gasteiger partial charge < -0.3 is 14.6 Å². The van der Waals surface area contributed by atoms with Crippen molar-refractivity contribution in [3.63, 3.8) is 0 Å². The van der Waals surface area contributed by atoms with E-state index in [2.05, 4.69) is 56.7 Å². The molecule has 1 aromatic carbocycles. The van der Waals surface area contributed by atoms with E-state index in [1.54, 1.807) is 0 Å². The molecule has 0 bridgehead atoms. The Morgan fingerprint density at radius 2 is 2.08 bits per heavy atom. The first-order valence-electron chi connectivity index (χ1n) is 8.53. The maximum absolute atomic E-state index is 5.40. The number of nitrogens with zero attached hydrogens (tertiary/aromatic N) is 5. The fourth-order valence-electron chi connectivity index (χ4n) is 3.34. The van der Waals surface area contributed by atoms with Crippen LogP contribution in [0.2, 0.25) is 0 Å². The molecule has 2 aromatic heterocycles. The van der Waals surface area contributed by atoms with Crippen molar-refractivity contribution in [3.8, 4) is 0 Å². The van der Waals surface area contributed by atoms with Gasteiger partial charge in [-0.15, -0.1) is 0 Å². The van der Waals surface area contributed by atoms with Crippen molar-refractivity contribution in [1.82, 2.24) is 25.2 Å². The highest BCUT2D eigenvalue weighted by Crippen LogP contribution is 2.23. The zero-order valence-electron chi connectivity index (χ0n) is 13.9. The maximum atomic E-state index is 5.40. The molecule has 7 heteroatoms. The molecule has 0 amide bonds. The van der Waals surface area contributed by atoms with Crippen LogP contribution in [0.4, 0.5) is 5.95 Å². The lowest BCUT2D eigenvalue weighted by molar-refractivity contribution is 0.121. The number of nitrogens with one attached hydrogen (secondary N) is 1. The second kappa shape index (κ2) is 6.60. The standard InChI is InChI=1S/C17H22N6O/c1-2-13-4-3-5-15-14(12-18-16(13)15)6-7-23-17(19-20-21-23)22-8-10-24-11-9-22/h3-5,12,18H,2,6-11H2,1H3. The van der Waals surface area contributed by atoms with E-state index in [0.717, 1.165) is 51.6 Å². The molecule has 0 atom stereocenters. The van der Waals surface area contributed by atoms with Gasteiger partial charge in [0.05, 0.1) is 19.8 Å². The van der Waals surface area contributed by atoms with Crippen LogP contribution in [0, 0.1) is 0 Å². The lowest BCUT2D eigenvalue weighted by Crippen LogP contribution is -2.38. The van der Waals surface area contributed by atoms with Crippen LogP contribution < -0.4 is 4.90 Å². The number of tetrazole rings is 1. The summed E-state index contributed by atoms with van der Waals surface area (Å²) >= 11 is 0. The molecule has 3 heterocycles. The van der Waals surface area contributed by atoms with E-state index < -0.39 is 0 Å². The van der Waals surface area contributed by atoms with Gasteiger partial charge in [-0.2, -0.15) is 0 Å². The number of morpholine rings is 1. The van der Waals surface area contributed by atoms with Gasteiger partial charge in [-0.1, -0.05) is 30.2 Å². The van der Waals surface area contributed by atoms with Crippen LogP contribution in [0.15, 0.2) is 24.4 Å². The van der Waals surface area contributed by atoms with Gasteiger partial charge in [-0.25, -0.2) is 4.68 Å². The van der Waals surface area contributed by atoms with Crippen molar-refractivity contribution in [2.75, 3.05) is 31.2 Å². The first kappa shape index (κ1) is 15.1. The average Bonchev–Trinajstić information content (AvgIpc) is 3.27. The van der Waals surface area contributed by atoms with Gasteiger partial charge in [0.2, 0.25) is 5.95 Å². The van der Waals surface area contributed by atoms with Crippen LogP contribution in [0.5, 0.6) is 0 Å². The van der Waals surface area contributed by atoms with Gasteiger partial charge in [0, 0.05) is 30.2 Å². The van der Waals surface area contributed by atoms with Crippen molar-refractivity contribution >= 4 is 16.9 Å². The Kier molecular flexibility index (Phi) is 4.17.